The zero-order chi connectivity index (χ0) is 16.2. The van der Waals surface area contributed by atoms with Crippen molar-refractivity contribution in [3.63, 3.8) is 0 Å². The molecule has 0 atom stereocenters. The lowest BCUT2D eigenvalue weighted by Crippen LogP contribution is -1.96. The second-order valence-electron chi connectivity index (χ2n) is 4.67. The number of methoxy groups -OCH3 is 1. The quantitative estimate of drug-likeness (QED) is 0.536. The lowest BCUT2D eigenvalue weighted by atomic mass is 10.2. The molecular weight excluding hydrogens is 376 g/mol. The maximum atomic E-state index is 5.27. The summed E-state index contributed by atoms with van der Waals surface area (Å²) in [5.74, 6) is 1.41. The van der Waals surface area contributed by atoms with Crippen LogP contribution in [0.25, 0.3) is 11.4 Å². The molecule has 0 aliphatic heterocycles. The van der Waals surface area contributed by atoms with Crippen molar-refractivity contribution in [2.75, 3.05) is 7.11 Å². The summed E-state index contributed by atoms with van der Waals surface area (Å²) < 4.78 is 8.15. The predicted octanol–water partition coefficient (Wildman–Crippen LogP) is 4.26. The largest absolute Gasteiger partial charge is 0.497 e. The van der Waals surface area contributed by atoms with Crippen LogP contribution in [0.2, 0.25) is 0 Å². The topological polar surface area (TPSA) is 55.2 Å². The second kappa shape index (κ2) is 6.89. The number of aromatic amines is 1. The molecule has 23 heavy (non-hydrogen) atoms. The van der Waals surface area contributed by atoms with E-state index in [1.807, 2.05) is 48.5 Å². The number of aromatic nitrogens is 3. The summed E-state index contributed by atoms with van der Waals surface area (Å²) in [6.07, 6.45) is 1.72. The Kier molecular flexibility index (Phi) is 4.68. The fraction of sp³-hybridized carbons (Fsp3) is 0.0625. The van der Waals surface area contributed by atoms with Crippen LogP contribution in [0.1, 0.15) is 5.56 Å². The van der Waals surface area contributed by atoms with Gasteiger partial charge in [-0.05, 0) is 42.0 Å². The maximum Gasteiger partial charge on any atom is 0.216 e. The zero-order valence-electron chi connectivity index (χ0n) is 12.2. The number of H-pyrrole nitrogens is 1. The molecule has 0 aliphatic rings. The van der Waals surface area contributed by atoms with E-state index in [0.717, 1.165) is 21.3 Å². The number of hydrogen-bond donors (Lipinski definition) is 1. The molecule has 0 fully saturated rings. The molecule has 0 spiro atoms. The van der Waals surface area contributed by atoms with Gasteiger partial charge in [0.2, 0.25) is 4.77 Å². The smallest absolute Gasteiger partial charge is 0.216 e. The molecule has 3 aromatic rings. The Morgan fingerprint density at radius 1 is 1.26 bits per heavy atom. The third-order valence-electron chi connectivity index (χ3n) is 3.18. The summed E-state index contributed by atoms with van der Waals surface area (Å²) in [5, 5.41) is 11.5. The van der Waals surface area contributed by atoms with Crippen LogP contribution in [0.5, 0.6) is 5.75 Å². The van der Waals surface area contributed by atoms with Crippen LogP contribution in [0.15, 0.2) is 58.1 Å². The molecule has 0 bridgehead atoms. The molecule has 1 N–H and O–H groups in total. The fourth-order valence-corrected chi connectivity index (χ4v) is 2.70. The minimum absolute atomic E-state index is 0.426. The molecule has 0 amide bonds. The van der Waals surface area contributed by atoms with Gasteiger partial charge in [-0.2, -0.15) is 14.9 Å². The number of halogens is 1. The first kappa shape index (κ1) is 15.6. The monoisotopic (exact) mass is 388 g/mol. The molecule has 7 heteroatoms. The Labute approximate surface area is 146 Å². The van der Waals surface area contributed by atoms with Gasteiger partial charge in [0.25, 0.3) is 0 Å². The highest BCUT2D eigenvalue weighted by molar-refractivity contribution is 9.10. The van der Waals surface area contributed by atoms with Crippen LogP contribution in [0.3, 0.4) is 0 Å². The van der Waals surface area contributed by atoms with E-state index in [4.69, 9.17) is 17.0 Å². The first-order valence-electron chi connectivity index (χ1n) is 6.80. The average molecular weight is 389 g/mol. The van der Waals surface area contributed by atoms with Crippen LogP contribution in [0.4, 0.5) is 0 Å². The predicted molar refractivity (Wildman–Crippen MR) is 96.5 cm³/mol. The highest BCUT2D eigenvalue weighted by Gasteiger charge is 2.10. The van der Waals surface area contributed by atoms with Crippen molar-refractivity contribution >= 4 is 34.4 Å². The molecule has 0 radical (unpaired) electrons. The van der Waals surface area contributed by atoms with Crippen molar-refractivity contribution in [1.82, 2.24) is 14.9 Å². The van der Waals surface area contributed by atoms with E-state index in [1.54, 1.807) is 18.0 Å². The number of benzene rings is 2. The average Bonchev–Trinajstić information content (AvgIpc) is 2.94. The molecule has 5 nitrogen and oxygen atoms in total. The maximum absolute atomic E-state index is 5.27. The number of nitrogens with zero attached hydrogens (tertiary/aromatic N) is 3. The second-order valence-corrected chi connectivity index (χ2v) is 5.91. The molecule has 0 unspecified atom stereocenters. The van der Waals surface area contributed by atoms with E-state index in [-0.39, 0.29) is 0 Å². The number of hydrogen-bond acceptors (Lipinski definition) is 4. The first-order valence-corrected chi connectivity index (χ1v) is 8.00. The van der Waals surface area contributed by atoms with E-state index < -0.39 is 0 Å². The Morgan fingerprint density at radius 3 is 2.87 bits per heavy atom. The van der Waals surface area contributed by atoms with Gasteiger partial charge in [-0.15, -0.1) is 0 Å². The van der Waals surface area contributed by atoms with E-state index >= 15 is 0 Å². The van der Waals surface area contributed by atoms with Crippen LogP contribution < -0.4 is 4.74 Å². The van der Waals surface area contributed by atoms with E-state index in [2.05, 4.69) is 31.2 Å². The summed E-state index contributed by atoms with van der Waals surface area (Å²) in [7, 11) is 1.63. The van der Waals surface area contributed by atoms with Gasteiger partial charge < -0.3 is 4.74 Å². The van der Waals surface area contributed by atoms with Gasteiger partial charge >= 0.3 is 0 Å². The molecule has 2 aromatic carbocycles. The summed E-state index contributed by atoms with van der Waals surface area (Å²) in [6, 6.07) is 15.4. The number of nitrogens with one attached hydrogen (secondary N) is 1. The standard InChI is InChI=1S/C16H13BrN4OS/c1-22-12-6-4-5-11(9-12)10-18-21-15(19-20-16(21)23)13-7-2-3-8-14(13)17/h2-10H,1H3,(H,20,23). The van der Waals surface area contributed by atoms with Gasteiger partial charge in [0.15, 0.2) is 5.82 Å². The molecule has 3 rings (SSSR count). The Balaban J connectivity index is 2.01. The van der Waals surface area contributed by atoms with Gasteiger partial charge in [-0.25, -0.2) is 5.10 Å². The summed E-state index contributed by atoms with van der Waals surface area (Å²) in [5.41, 5.74) is 1.81. The number of rotatable bonds is 4. The third kappa shape index (κ3) is 3.40. The molecule has 0 saturated heterocycles. The van der Waals surface area contributed by atoms with Crippen molar-refractivity contribution in [3.05, 3.63) is 63.3 Å². The molecule has 0 aliphatic carbocycles. The molecule has 0 saturated carbocycles. The van der Waals surface area contributed by atoms with Gasteiger partial charge in [0.05, 0.1) is 13.3 Å². The minimum atomic E-state index is 0.426. The van der Waals surface area contributed by atoms with Gasteiger partial charge in [-0.3, -0.25) is 0 Å². The van der Waals surface area contributed by atoms with Crippen molar-refractivity contribution < 1.29 is 4.74 Å². The van der Waals surface area contributed by atoms with Crippen LogP contribution >= 0.6 is 28.1 Å². The first-order chi connectivity index (χ1) is 11.2. The molecule has 1 heterocycles. The minimum Gasteiger partial charge on any atom is -0.497 e. The van der Waals surface area contributed by atoms with E-state index in [1.165, 1.54) is 0 Å². The summed E-state index contributed by atoms with van der Waals surface area (Å²) >= 11 is 8.79. The lowest BCUT2D eigenvalue weighted by Gasteiger charge is -2.03. The van der Waals surface area contributed by atoms with E-state index in [0.29, 0.717) is 10.6 Å². The Hall–Kier alpha value is -2.25. The normalized spacial score (nSPS) is 11.0. The van der Waals surface area contributed by atoms with Crippen molar-refractivity contribution in [3.8, 4) is 17.1 Å². The third-order valence-corrected chi connectivity index (χ3v) is 4.14. The highest BCUT2D eigenvalue weighted by atomic mass is 79.9. The zero-order valence-corrected chi connectivity index (χ0v) is 14.6. The van der Waals surface area contributed by atoms with Gasteiger partial charge in [-0.1, -0.05) is 40.2 Å². The molecule has 116 valence electrons. The fourth-order valence-electron chi connectivity index (χ4n) is 2.06. The van der Waals surface area contributed by atoms with Gasteiger partial charge in [0.1, 0.15) is 5.75 Å². The van der Waals surface area contributed by atoms with Crippen molar-refractivity contribution in [1.29, 1.82) is 0 Å². The molecule has 1 aromatic heterocycles. The Bertz CT molecular complexity index is 916. The Morgan fingerprint density at radius 2 is 2.09 bits per heavy atom. The van der Waals surface area contributed by atoms with Gasteiger partial charge in [0, 0.05) is 10.0 Å². The number of ether oxygens (including phenoxy) is 1. The summed E-state index contributed by atoms with van der Waals surface area (Å²) in [6.45, 7) is 0. The SMILES string of the molecule is COc1cccc(C=Nn2c(-c3ccccc3Br)n[nH]c2=S)c1. The highest BCUT2D eigenvalue weighted by Crippen LogP contribution is 2.26. The summed E-state index contributed by atoms with van der Waals surface area (Å²) in [4.78, 5) is 0. The lowest BCUT2D eigenvalue weighted by molar-refractivity contribution is 0.415. The molecular formula is C16H13BrN4OS. The van der Waals surface area contributed by atoms with Crippen LogP contribution in [-0.4, -0.2) is 28.2 Å². The van der Waals surface area contributed by atoms with Crippen molar-refractivity contribution in [2.24, 2.45) is 5.10 Å². The van der Waals surface area contributed by atoms with Crippen molar-refractivity contribution in [2.45, 2.75) is 0 Å². The van der Waals surface area contributed by atoms with E-state index in [9.17, 15) is 0 Å². The van der Waals surface area contributed by atoms with Crippen LogP contribution in [-0.2, 0) is 0 Å². The van der Waals surface area contributed by atoms with Crippen LogP contribution in [0, 0.1) is 4.77 Å².